The van der Waals surface area contributed by atoms with E-state index in [4.69, 9.17) is 4.74 Å². The van der Waals surface area contributed by atoms with E-state index >= 15 is 0 Å². The van der Waals surface area contributed by atoms with Crippen molar-refractivity contribution in [2.24, 2.45) is 5.92 Å². The van der Waals surface area contributed by atoms with Crippen LogP contribution in [0.25, 0.3) is 0 Å². The molecule has 1 aromatic carbocycles. The summed E-state index contributed by atoms with van der Waals surface area (Å²) >= 11 is 0. The van der Waals surface area contributed by atoms with Gasteiger partial charge in [-0.15, -0.1) is 0 Å². The van der Waals surface area contributed by atoms with Crippen LogP contribution >= 0.6 is 0 Å². The van der Waals surface area contributed by atoms with Crippen molar-refractivity contribution in [3.8, 4) is 0 Å². The summed E-state index contributed by atoms with van der Waals surface area (Å²) in [5.74, 6) is 0.334. The molecule has 0 heterocycles. The number of hydrogen-bond acceptors (Lipinski definition) is 2. The van der Waals surface area contributed by atoms with Gasteiger partial charge in [-0.1, -0.05) is 57.0 Å². The average molecular weight is 236 g/mol. The molecule has 0 aromatic heterocycles. The third-order valence-corrected chi connectivity index (χ3v) is 3.37. The minimum atomic E-state index is -0.367. The van der Waals surface area contributed by atoms with Gasteiger partial charge in [0, 0.05) is 0 Å². The fourth-order valence-electron chi connectivity index (χ4n) is 2.06. The first kappa shape index (κ1) is 14.2. The predicted octanol–water partition coefficient (Wildman–Crippen LogP) is 3.39. The van der Waals surface area contributed by atoms with Crippen LogP contribution in [-0.2, 0) is 11.3 Å². The lowest BCUT2D eigenvalue weighted by molar-refractivity contribution is -0.0609. The first-order valence-corrected chi connectivity index (χ1v) is 6.52. The van der Waals surface area contributed by atoms with Crippen LogP contribution < -0.4 is 0 Å². The molecule has 0 fully saturated rings. The maximum atomic E-state index is 10.1. The second-order valence-electron chi connectivity index (χ2n) is 4.57. The van der Waals surface area contributed by atoms with Crippen LogP contribution in [0, 0.1) is 5.92 Å². The number of rotatable bonds is 7. The van der Waals surface area contributed by atoms with Gasteiger partial charge in [-0.3, -0.25) is 0 Å². The van der Waals surface area contributed by atoms with E-state index in [0.717, 1.165) is 18.4 Å². The molecule has 0 radical (unpaired) electrons. The van der Waals surface area contributed by atoms with E-state index in [1.807, 2.05) is 37.3 Å². The van der Waals surface area contributed by atoms with Gasteiger partial charge in [-0.05, 0) is 18.4 Å². The third-order valence-electron chi connectivity index (χ3n) is 3.37. The Morgan fingerprint density at radius 1 is 1.12 bits per heavy atom. The second kappa shape index (κ2) is 7.46. The maximum absolute atomic E-state index is 10.1. The molecule has 1 N–H and O–H groups in total. The molecule has 1 aromatic rings. The van der Waals surface area contributed by atoms with Crippen molar-refractivity contribution in [1.29, 1.82) is 0 Å². The number of aliphatic hydroxyl groups excluding tert-OH is 1. The van der Waals surface area contributed by atoms with E-state index in [2.05, 4.69) is 13.8 Å². The first-order valence-electron chi connectivity index (χ1n) is 6.52. The van der Waals surface area contributed by atoms with Crippen LogP contribution in [0.3, 0.4) is 0 Å². The lowest BCUT2D eigenvalue weighted by atomic mass is 9.93. The zero-order chi connectivity index (χ0) is 12.7. The van der Waals surface area contributed by atoms with Gasteiger partial charge in [0.1, 0.15) is 0 Å². The lowest BCUT2D eigenvalue weighted by Gasteiger charge is -2.26. The van der Waals surface area contributed by atoms with Crippen LogP contribution in [0.4, 0.5) is 0 Å². The number of hydrogen-bond donors (Lipinski definition) is 1. The summed E-state index contributed by atoms with van der Waals surface area (Å²) in [5.41, 5.74) is 1.15. The number of ether oxygens (including phenoxy) is 1. The van der Waals surface area contributed by atoms with Crippen molar-refractivity contribution >= 4 is 0 Å². The summed E-state index contributed by atoms with van der Waals surface area (Å²) in [4.78, 5) is 0. The molecule has 0 saturated carbocycles. The van der Waals surface area contributed by atoms with Gasteiger partial charge in [0.2, 0.25) is 0 Å². The molecule has 0 aliphatic heterocycles. The quantitative estimate of drug-likeness (QED) is 0.786. The Balaban J connectivity index is 2.41. The monoisotopic (exact) mass is 236 g/mol. The Hall–Kier alpha value is -0.860. The molecule has 2 heteroatoms. The van der Waals surface area contributed by atoms with E-state index in [0.29, 0.717) is 12.5 Å². The summed E-state index contributed by atoms with van der Waals surface area (Å²) in [6.45, 7) is 6.74. The van der Waals surface area contributed by atoms with Crippen molar-refractivity contribution in [2.75, 3.05) is 0 Å². The van der Waals surface area contributed by atoms with Gasteiger partial charge in [0.15, 0.2) is 0 Å². The molecule has 0 aliphatic carbocycles. The molecule has 0 amide bonds. The highest BCUT2D eigenvalue weighted by Gasteiger charge is 2.22. The van der Waals surface area contributed by atoms with Crippen molar-refractivity contribution < 1.29 is 9.84 Å². The van der Waals surface area contributed by atoms with Gasteiger partial charge in [-0.2, -0.15) is 0 Å². The van der Waals surface area contributed by atoms with Crippen LogP contribution in [0.1, 0.15) is 39.2 Å². The molecule has 0 unspecified atom stereocenters. The van der Waals surface area contributed by atoms with Crippen LogP contribution in [0.5, 0.6) is 0 Å². The van der Waals surface area contributed by atoms with Crippen molar-refractivity contribution in [3.05, 3.63) is 35.9 Å². The van der Waals surface area contributed by atoms with Crippen molar-refractivity contribution in [2.45, 2.75) is 52.4 Å². The van der Waals surface area contributed by atoms with E-state index in [9.17, 15) is 5.11 Å². The van der Waals surface area contributed by atoms with Gasteiger partial charge in [-0.25, -0.2) is 0 Å². The molecule has 96 valence electrons. The molecule has 0 bridgehead atoms. The number of benzene rings is 1. The fourth-order valence-corrected chi connectivity index (χ4v) is 2.06. The summed E-state index contributed by atoms with van der Waals surface area (Å²) in [6.07, 6.45) is 1.52. The van der Waals surface area contributed by atoms with E-state index in [-0.39, 0.29) is 12.2 Å². The normalized spacial score (nSPS) is 14.9. The summed E-state index contributed by atoms with van der Waals surface area (Å²) in [5, 5.41) is 10.1. The number of aliphatic hydroxyl groups is 1. The third kappa shape index (κ3) is 4.49. The Kier molecular flexibility index (Phi) is 6.23. The van der Waals surface area contributed by atoms with E-state index in [1.54, 1.807) is 0 Å². The topological polar surface area (TPSA) is 29.5 Å². The van der Waals surface area contributed by atoms with Crippen LogP contribution in [-0.4, -0.2) is 17.3 Å². The van der Waals surface area contributed by atoms with Crippen LogP contribution in [0.2, 0.25) is 0 Å². The first-order chi connectivity index (χ1) is 8.19. The van der Waals surface area contributed by atoms with Crippen molar-refractivity contribution in [3.63, 3.8) is 0 Å². The predicted molar refractivity (Wildman–Crippen MR) is 70.8 cm³/mol. The summed E-state index contributed by atoms with van der Waals surface area (Å²) in [7, 11) is 0. The highest BCUT2D eigenvalue weighted by molar-refractivity contribution is 5.13. The molecule has 17 heavy (non-hydrogen) atoms. The van der Waals surface area contributed by atoms with Gasteiger partial charge in [0.25, 0.3) is 0 Å². The standard InChI is InChI=1S/C15H24O2/c1-4-14(5-2)15(16)12(3)17-11-13-9-7-6-8-10-13/h6-10,12,14-16H,4-5,11H2,1-3H3/t12-,15-/m0/s1. The molecule has 2 atom stereocenters. The fraction of sp³-hybridized carbons (Fsp3) is 0.600. The van der Waals surface area contributed by atoms with Gasteiger partial charge < -0.3 is 9.84 Å². The SMILES string of the molecule is CCC(CC)[C@@H](O)[C@H](C)OCc1ccccc1. The minimum absolute atomic E-state index is 0.111. The lowest BCUT2D eigenvalue weighted by Crippen LogP contribution is -2.32. The molecule has 0 aliphatic rings. The Morgan fingerprint density at radius 3 is 2.24 bits per heavy atom. The Labute approximate surface area is 105 Å². The molecular formula is C15H24O2. The summed E-state index contributed by atoms with van der Waals surface area (Å²) in [6, 6.07) is 10.1. The summed E-state index contributed by atoms with van der Waals surface area (Å²) < 4.78 is 5.72. The van der Waals surface area contributed by atoms with Gasteiger partial charge >= 0.3 is 0 Å². The zero-order valence-corrected chi connectivity index (χ0v) is 11.1. The molecule has 2 nitrogen and oxygen atoms in total. The Morgan fingerprint density at radius 2 is 1.71 bits per heavy atom. The minimum Gasteiger partial charge on any atom is -0.390 e. The van der Waals surface area contributed by atoms with Crippen molar-refractivity contribution in [1.82, 2.24) is 0 Å². The molecule has 1 rings (SSSR count). The van der Waals surface area contributed by atoms with Gasteiger partial charge in [0.05, 0.1) is 18.8 Å². The smallest absolute Gasteiger partial charge is 0.0827 e. The largest absolute Gasteiger partial charge is 0.390 e. The zero-order valence-electron chi connectivity index (χ0n) is 11.1. The van der Waals surface area contributed by atoms with E-state index in [1.165, 1.54) is 0 Å². The maximum Gasteiger partial charge on any atom is 0.0827 e. The Bertz CT molecular complexity index is 293. The average Bonchev–Trinajstić information content (AvgIpc) is 2.38. The highest BCUT2D eigenvalue weighted by atomic mass is 16.5. The second-order valence-corrected chi connectivity index (χ2v) is 4.57. The van der Waals surface area contributed by atoms with Crippen LogP contribution in [0.15, 0.2) is 30.3 Å². The van der Waals surface area contributed by atoms with E-state index < -0.39 is 0 Å². The molecule has 0 saturated heterocycles. The highest BCUT2D eigenvalue weighted by Crippen LogP contribution is 2.18. The molecule has 0 spiro atoms. The molecular weight excluding hydrogens is 212 g/mol.